The minimum atomic E-state index is -0.594. The molecule has 0 saturated heterocycles. The smallest absolute Gasteiger partial charge is 0.335 e. The topological polar surface area (TPSA) is 92.9 Å². The third kappa shape index (κ3) is 9.10. The molecule has 1 aliphatic carbocycles. The van der Waals surface area contributed by atoms with Crippen LogP contribution in [0.2, 0.25) is 0 Å². The number of aromatic nitrogens is 2. The number of rotatable bonds is 16. The average Bonchev–Trinajstić information content (AvgIpc) is 3.65. The summed E-state index contributed by atoms with van der Waals surface area (Å²) in [5.74, 6) is 3.39. The number of carbonyl (C=O) groups is 1. The van der Waals surface area contributed by atoms with Gasteiger partial charge in [0, 0.05) is 31.4 Å². The molecule has 1 heterocycles. The summed E-state index contributed by atoms with van der Waals surface area (Å²) in [4.78, 5) is 16.6. The molecule has 1 unspecified atom stereocenters. The van der Waals surface area contributed by atoms with Crippen LogP contribution in [0, 0.1) is 5.92 Å². The lowest BCUT2D eigenvalue weighted by Gasteiger charge is -2.15. The van der Waals surface area contributed by atoms with E-state index in [1.54, 1.807) is 6.92 Å². The largest absolute Gasteiger partial charge is 0.493 e. The molecule has 1 aliphatic rings. The zero-order valence-corrected chi connectivity index (χ0v) is 23.1. The number of hydrogen-bond acceptors (Lipinski definition) is 8. The summed E-state index contributed by atoms with van der Waals surface area (Å²) in [6.07, 6.45) is 7.97. The molecule has 0 amide bonds. The van der Waals surface area contributed by atoms with Gasteiger partial charge in [0.05, 0.1) is 19.8 Å². The monoisotopic (exact) mass is 536 g/mol. The molecule has 0 radical (unpaired) electrons. The molecule has 2 aromatic carbocycles. The molecule has 0 aliphatic heterocycles. The fourth-order valence-electron chi connectivity index (χ4n) is 4.82. The second-order valence-electron chi connectivity index (χ2n) is 9.82. The highest BCUT2D eigenvalue weighted by atomic mass is 16.6. The van der Waals surface area contributed by atoms with E-state index < -0.39 is 6.10 Å². The first-order chi connectivity index (χ1) is 19.1. The Bertz CT molecular complexity index is 1120. The van der Waals surface area contributed by atoms with E-state index in [-0.39, 0.29) is 5.97 Å². The lowest BCUT2D eigenvalue weighted by atomic mass is 10.0. The van der Waals surface area contributed by atoms with Crippen molar-refractivity contribution in [3.8, 4) is 22.9 Å². The second-order valence-corrected chi connectivity index (χ2v) is 9.82. The van der Waals surface area contributed by atoms with Gasteiger partial charge in [0.2, 0.25) is 11.7 Å². The third-order valence-electron chi connectivity index (χ3n) is 6.91. The van der Waals surface area contributed by atoms with Crippen molar-refractivity contribution < 1.29 is 28.3 Å². The first-order valence-electron chi connectivity index (χ1n) is 14.2. The summed E-state index contributed by atoms with van der Waals surface area (Å²) in [6, 6.07) is 15.5. The number of ether oxygens (including phenoxy) is 4. The van der Waals surface area contributed by atoms with E-state index in [1.165, 1.54) is 25.7 Å². The van der Waals surface area contributed by atoms with Crippen LogP contribution in [0.4, 0.5) is 0 Å². The standard InChI is InChI=1S/C31H40N2O6/c1-3-35-28(31(34)36-4-2)22-24-10-15-26(16-11-24)37-20-7-21-38-27-17-13-25(14-18-27)30-32-29(39-33-30)19-12-23-8-5-6-9-23/h10-11,13-18,23,28H,3-9,12,19-22H2,1-2H3. The highest BCUT2D eigenvalue weighted by Gasteiger charge is 2.20. The van der Waals surface area contributed by atoms with Gasteiger partial charge in [-0.3, -0.25) is 0 Å². The van der Waals surface area contributed by atoms with Crippen LogP contribution in [0.1, 0.15) is 63.8 Å². The Hall–Kier alpha value is -3.39. The van der Waals surface area contributed by atoms with Crippen LogP contribution in [0.25, 0.3) is 11.4 Å². The summed E-state index contributed by atoms with van der Waals surface area (Å²) in [7, 11) is 0. The second kappa shape index (κ2) is 15.3. The van der Waals surface area contributed by atoms with E-state index in [9.17, 15) is 4.79 Å². The molecule has 210 valence electrons. The van der Waals surface area contributed by atoms with E-state index in [0.29, 0.717) is 38.7 Å². The number of aryl methyl sites for hydroxylation is 1. The normalized spacial score (nSPS) is 14.3. The quantitative estimate of drug-likeness (QED) is 0.157. The predicted octanol–water partition coefficient (Wildman–Crippen LogP) is 6.22. The Morgan fingerprint density at radius 2 is 1.62 bits per heavy atom. The van der Waals surface area contributed by atoms with Gasteiger partial charge < -0.3 is 23.5 Å². The van der Waals surface area contributed by atoms with Gasteiger partial charge >= 0.3 is 5.97 Å². The minimum absolute atomic E-state index is 0.331. The Kier molecular flexibility index (Phi) is 11.2. The maximum Gasteiger partial charge on any atom is 0.335 e. The molecule has 4 rings (SSSR count). The van der Waals surface area contributed by atoms with Crippen LogP contribution in [-0.2, 0) is 27.1 Å². The summed E-state index contributed by atoms with van der Waals surface area (Å²) in [6.45, 7) is 5.53. The van der Waals surface area contributed by atoms with Crippen molar-refractivity contribution in [3.63, 3.8) is 0 Å². The Labute approximate surface area is 231 Å². The lowest BCUT2D eigenvalue weighted by Crippen LogP contribution is -2.28. The summed E-state index contributed by atoms with van der Waals surface area (Å²) < 4.78 is 27.8. The van der Waals surface area contributed by atoms with E-state index >= 15 is 0 Å². The molecule has 0 bridgehead atoms. The van der Waals surface area contributed by atoms with Crippen LogP contribution in [0.15, 0.2) is 53.1 Å². The minimum Gasteiger partial charge on any atom is -0.493 e. The molecule has 1 atom stereocenters. The summed E-state index contributed by atoms with van der Waals surface area (Å²) >= 11 is 0. The lowest BCUT2D eigenvalue weighted by molar-refractivity contribution is -0.156. The molecule has 3 aromatic rings. The van der Waals surface area contributed by atoms with Crippen molar-refractivity contribution in [3.05, 3.63) is 60.0 Å². The summed E-state index contributed by atoms with van der Waals surface area (Å²) in [5, 5.41) is 4.15. The van der Waals surface area contributed by atoms with Crippen molar-refractivity contribution in [1.29, 1.82) is 0 Å². The number of hydrogen-bond donors (Lipinski definition) is 0. The van der Waals surface area contributed by atoms with Crippen LogP contribution in [0.3, 0.4) is 0 Å². The van der Waals surface area contributed by atoms with Crippen molar-refractivity contribution in [2.75, 3.05) is 26.4 Å². The number of benzene rings is 2. The molecule has 1 saturated carbocycles. The van der Waals surface area contributed by atoms with Crippen LogP contribution >= 0.6 is 0 Å². The van der Waals surface area contributed by atoms with Gasteiger partial charge in [0.25, 0.3) is 0 Å². The zero-order valence-electron chi connectivity index (χ0n) is 23.1. The predicted molar refractivity (Wildman–Crippen MR) is 148 cm³/mol. The van der Waals surface area contributed by atoms with Gasteiger partial charge in [-0.25, -0.2) is 4.79 Å². The maximum atomic E-state index is 12.1. The van der Waals surface area contributed by atoms with Gasteiger partial charge in [-0.05, 0) is 68.1 Å². The van der Waals surface area contributed by atoms with E-state index in [2.05, 4.69) is 10.1 Å². The van der Waals surface area contributed by atoms with Gasteiger partial charge in [-0.1, -0.05) is 43.0 Å². The molecular weight excluding hydrogens is 496 g/mol. The average molecular weight is 537 g/mol. The number of esters is 1. The number of carbonyl (C=O) groups excluding carboxylic acids is 1. The Morgan fingerprint density at radius 1 is 0.949 bits per heavy atom. The van der Waals surface area contributed by atoms with Crippen molar-refractivity contribution >= 4 is 5.97 Å². The fourth-order valence-corrected chi connectivity index (χ4v) is 4.82. The zero-order chi connectivity index (χ0) is 27.3. The van der Waals surface area contributed by atoms with Crippen LogP contribution in [0.5, 0.6) is 11.5 Å². The van der Waals surface area contributed by atoms with E-state index in [0.717, 1.165) is 53.7 Å². The maximum absolute atomic E-state index is 12.1. The highest BCUT2D eigenvalue weighted by molar-refractivity contribution is 5.75. The molecule has 8 heteroatoms. The highest BCUT2D eigenvalue weighted by Crippen LogP contribution is 2.29. The van der Waals surface area contributed by atoms with Gasteiger partial charge in [-0.2, -0.15) is 4.98 Å². The Morgan fingerprint density at radius 3 is 2.26 bits per heavy atom. The first-order valence-corrected chi connectivity index (χ1v) is 14.2. The van der Waals surface area contributed by atoms with Crippen molar-refractivity contribution in [2.24, 2.45) is 5.92 Å². The number of nitrogens with zero attached hydrogens (tertiary/aromatic N) is 2. The van der Waals surface area contributed by atoms with Crippen molar-refractivity contribution in [1.82, 2.24) is 10.1 Å². The van der Waals surface area contributed by atoms with E-state index in [1.807, 2.05) is 55.5 Å². The molecule has 1 aromatic heterocycles. The summed E-state index contributed by atoms with van der Waals surface area (Å²) in [5.41, 5.74) is 1.90. The molecule has 0 N–H and O–H groups in total. The van der Waals surface area contributed by atoms with Crippen LogP contribution in [-0.4, -0.2) is 48.6 Å². The molecule has 39 heavy (non-hydrogen) atoms. The van der Waals surface area contributed by atoms with Gasteiger partial charge in [0.15, 0.2) is 6.10 Å². The van der Waals surface area contributed by atoms with Crippen LogP contribution < -0.4 is 9.47 Å². The van der Waals surface area contributed by atoms with Gasteiger partial charge in [0.1, 0.15) is 11.5 Å². The first kappa shape index (κ1) is 28.6. The third-order valence-corrected chi connectivity index (χ3v) is 6.91. The van der Waals surface area contributed by atoms with Gasteiger partial charge in [-0.15, -0.1) is 0 Å². The Balaban J connectivity index is 1.14. The molecule has 0 spiro atoms. The SMILES string of the molecule is CCOC(=O)C(Cc1ccc(OCCCOc2ccc(-c3noc(CCC4CCCC4)n3)cc2)cc1)OCC. The fraction of sp³-hybridized carbons (Fsp3) is 0.516. The van der Waals surface area contributed by atoms with E-state index in [4.69, 9.17) is 23.5 Å². The molecule has 1 fully saturated rings. The molecule has 8 nitrogen and oxygen atoms in total. The molecular formula is C31H40N2O6. The van der Waals surface area contributed by atoms with Crippen molar-refractivity contribution in [2.45, 2.75) is 71.3 Å².